The normalized spacial score (nSPS) is 34.9. The highest BCUT2D eigenvalue weighted by molar-refractivity contribution is 8.55. The molecule has 0 aromatic carbocycles. The van der Waals surface area contributed by atoms with Gasteiger partial charge in [0.1, 0.15) is 30.8 Å². The predicted octanol–water partition coefficient (Wildman–Crippen LogP) is -0.353. The lowest BCUT2D eigenvalue weighted by molar-refractivity contribution is -0.0812. The first kappa shape index (κ1) is 28.2. The molecule has 0 saturated carbocycles. The standard InChI is InChI=1S/C22H29N4O11PS/c1-10-7-25(21(31)23-19(10)29)16-5-12(28)18(35-16)13-3-4-39-38(33,36-13)37-14-6-17(34-15(14)9-27)26-8-11(2)20(30)24-22(26)32/h7-8,12-18,27-28H,3-6,9H2,1-2H3,(H,23,29,31)(H,24,30,32)/t12-,13-,14-,15+,16+,17+,18-,38+/m0/s1. The summed E-state index contributed by atoms with van der Waals surface area (Å²) in [5.41, 5.74) is -1.83. The number of H-pyrrole nitrogens is 2. The molecule has 0 unspecified atom stereocenters. The van der Waals surface area contributed by atoms with E-state index in [4.69, 9.17) is 18.5 Å². The van der Waals surface area contributed by atoms with E-state index >= 15 is 0 Å². The van der Waals surface area contributed by atoms with Crippen molar-refractivity contribution in [1.82, 2.24) is 19.1 Å². The Hall–Kier alpha value is -2.30. The minimum Gasteiger partial charge on any atom is -0.394 e. The molecule has 0 bridgehead atoms. The molecule has 3 saturated heterocycles. The van der Waals surface area contributed by atoms with E-state index in [1.54, 1.807) is 0 Å². The van der Waals surface area contributed by atoms with Crippen LogP contribution in [0.15, 0.2) is 31.6 Å². The second-order valence-corrected chi connectivity index (χ2v) is 13.8. The molecule has 5 heterocycles. The Balaban J connectivity index is 1.29. The van der Waals surface area contributed by atoms with E-state index in [1.165, 1.54) is 35.4 Å². The fourth-order valence-corrected chi connectivity index (χ4v) is 8.76. The van der Waals surface area contributed by atoms with Gasteiger partial charge in [-0.15, -0.1) is 0 Å². The van der Waals surface area contributed by atoms with Crippen LogP contribution in [-0.4, -0.2) is 72.2 Å². The quantitative estimate of drug-likeness (QED) is 0.320. The van der Waals surface area contributed by atoms with Crippen LogP contribution in [0.2, 0.25) is 0 Å². The van der Waals surface area contributed by atoms with Crippen LogP contribution in [0, 0.1) is 13.8 Å². The molecule has 17 heteroatoms. The van der Waals surface area contributed by atoms with E-state index < -0.39 is 78.9 Å². The van der Waals surface area contributed by atoms with Crippen LogP contribution < -0.4 is 22.5 Å². The van der Waals surface area contributed by atoms with Crippen molar-refractivity contribution >= 4 is 18.2 Å². The summed E-state index contributed by atoms with van der Waals surface area (Å²) in [5, 5.41) is 20.6. The Morgan fingerprint density at radius 2 is 1.62 bits per heavy atom. The van der Waals surface area contributed by atoms with Gasteiger partial charge in [0.05, 0.1) is 18.8 Å². The van der Waals surface area contributed by atoms with E-state index in [2.05, 4.69) is 9.97 Å². The van der Waals surface area contributed by atoms with Crippen LogP contribution >= 0.6 is 18.2 Å². The van der Waals surface area contributed by atoms with Crippen LogP contribution in [0.3, 0.4) is 0 Å². The number of aromatic nitrogens is 4. The van der Waals surface area contributed by atoms with Crippen LogP contribution in [0.5, 0.6) is 0 Å². The lowest BCUT2D eigenvalue weighted by atomic mass is 10.1. The van der Waals surface area contributed by atoms with Crippen molar-refractivity contribution in [3.8, 4) is 0 Å². The Kier molecular flexibility index (Phi) is 7.92. The zero-order valence-corrected chi connectivity index (χ0v) is 22.8. The molecule has 39 heavy (non-hydrogen) atoms. The molecule has 5 rings (SSSR count). The molecule has 3 fully saturated rings. The Bertz CT molecular complexity index is 1520. The Morgan fingerprint density at radius 3 is 2.21 bits per heavy atom. The first-order chi connectivity index (χ1) is 18.5. The number of aliphatic hydroxyl groups excluding tert-OH is 2. The lowest BCUT2D eigenvalue weighted by Crippen LogP contribution is -2.39. The summed E-state index contributed by atoms with van der Waals surface area (Å²) in [5.74, 6) is 0.357. The average Bonchev–Trinajstić information content (AvgIpc) is 3.46. The van der Waals surface area contributed by atoms with Gasteiger partial charge in [0.15, 0.2) is 0 Å². The van der Waals surface area contributed by atoms with Gasteiger partial charge < -0.3 is 19.7 Å². The number of aliphatic hydroxyl groups is 2. The SMILES string of the molecule is Cc1cn([C@H]2C[C@H](O)[C@@H]([C@@H]3CCS[P@@](=O)(O[C@H]4C[C@H](n5cc(C)c(=O)[nH]c5=O)O[C@@H]4CO)O3)O2)c(=O)[nH]c1=O. The van der Waals surface area contributed by atoms with Crippen molar-refractivity contribution in [2.24, 2.45) is 0 Å². The van der Waals surface area contributed by atoms with Crippen LogP contribution in [0.1, 0.15) is 42.8 Å². The Labute approximate surface area is 224 Å². The number of nitrogens with one attached hydrogen (secondary N) is 2. The maximum absolute atomic E-state index is 13.7. The zero-order valence-electron chi connectivity index (χ0n) is 21.1. The number of rotatable bonds is 6. The molecule has 0 spiro atoms. The van der Waals surface area contributed by atoms with Gasteiger partial charge in [-0.1, -0.05) is 0 Å². The smallest absolute Gasteiger partial charge is 0.389 e. The van der Waals surface area contributed by atoms with Crippen molar-refractivity contribution in [1.29, 1.82) is 0 Å². The van der Waals surface area contributed by atoms with Crippen molar-refractivity contribution in [2.75, 3.05) is 12.4 Å². The zero-order chi connectivity index (χ0) is 28.1. The molecule has 3 aliphatic rings. The fraction of sp³-hybridized carbons (Fsp3) is 0.636. The molecule has 15 nitrogen and oxygen atoms in total. The summed E-state index contributed by atoms with van der Waals surface area (Å²) in [6.45, 7) is -1.25. The first-order valence-electron chi connectivity index (χ1n) is 12.3. The van der Waals surface area contributed by atoms with Crippen LogP contribution in [0.4, 0.5) is 0 Å². The minimum atomic E-state index is -3.84. The number of aryl methyl sites for hydroxylation is 2. The number of hydrogen-bond donors (Lipinski definition) is 4. The van der Waals surface area contributed by atoms with Crippen molar-refractivity contribution < 1.29 is 33.3 Å². The van der Waals surface area contributed by atoms with Gasteiger partial charge in [0, 0.05) is 42.1 Å². The highest BCUT2D eigenvalue weighted by Gasteiger charge is 2.49. The molecule has 2 aromatic heterocycles. The summed E-state index contributed by atoms with van der Waals surface area (Å²) in [6, 6.07) is 0. The maximum Gasteiger partial charge on any atom is 0.389 e. The van der Waals surface area contributed by atoms with Crippen LogP contribution in [-0.2, 0) is 23.1 Å². The summed E-state index contributed by atoms with van der Waals surface area (Å²) in [4.78, 5) is 52.4. The molecule has 2 aromatic rings. The largest absolute Gasteiger partial charge is 0.394 e. The number of aromatic amines is 2. The van der Waals surface area contributed by atoms with E-state index in [-0.39, 0.29) is 18.4 Å². The molecule has 8 atom stereocenters. The molecular weight excluding hydrogens is 559 g/mol. The molecule has 0 amide bonds. The van der Waals surface area contributed by atoms with Crippen molar-refractivity contribution in [3.05, 3.63) is 65.2 Å². The van der Waals surface area contributed by atoms with Gasteiger partial charge in [0.2, 0.25) is 0 Å². The molecule has 4 N–H and O–H groups in total. The number of nitrogens with zero attached hydrogens (tertiary/aromatic N) is 2. The third-order valence-electron chi connectivity index (χ3n) is 6.96. The highest BCUT2D eigenvalue weighted by Crippen LogP contribution is 2.66. The predicted molar refractivity (Wildman–Crippen MR) is 137 cm³/mol. The molecular formula is C22H29N4O11PS. The van der Waals surface area contributed by atoms with E-state index in [1.807, 2.05) is 0 Å². The first-order valence-corrected chi connectivity index (χ1v) is 15.5. The van der Waals surface area contributed by atoms with Gasteiger partial charge in [-0.2, -0.15) is 0 Å². The van der Waals surface area contributed by atoms with E-state index in [9.17, 15) is 34.0 Å². The lowest BCUT2D eigenvalue weighted by Gasteiger charge is -2.34. The summed E-state index contributed by atoms with van der Waals surface area (Å²) in [7, 11) is 0. The summed E-state index contributed by atoms with van der Waals surface area (Å²) < 4.78 is 39.4. The monoisotopic (exact) mass is 588 g/mol. The van der Waals surface area contributed by atoms with Gasteiger partial charge in [-0.25, -0.2) is 14.2 Å². The summed E-state index contributed by atoms with van der Waals surface area (Å²) >= 11 is 0.962. The van der Waals surface area contributed by atoms with Gasteiger partial charge in [-0.05, 0) is 31.7 Å². The van der Waals surface area contributed by atoms with Gasteiger partial charge in [-0.3, -0.25) is 37.7 Å². The molecule has 214 valence electrons. The van der Waals surface area contributed by atoms with E-state index in [0.717, 1.165) is 11.4 Å². The van der Waals surface area contributed by atoms with Gasteiger partial charge >= 0.3 is 18.2 Å². The summed E-state index contributed by atoms with van der Waals surface area (Å²) in [6.07, 6.45) is -3.19. The van der Waals surface area contributed by atoms with Gasteiger partial charge in [0.25, 0.3) is 11.1 Å². The highest BCUT2D eigenvalue weighted by atomic mass is 32.7. The van der Waals surface area contributed by atoms with E-state index in [0.29, 0.717) is 17.7 Å². The van der Waals surface area contributed by atoms with Crippen LogP contribution in [0.25, 0.3) is 0 Å². The maximum atomic E-state index is 13.7. The molecule has 0 aliphatic carbocycles. The molecule has 0 radical (unpaired) electrons. The third kappa shape index (κ3) is 5.65. The van der Waals surface area contributed by atoms with Crippen molar-refractivity contribution in [2.45, 2.75) is 76.1 Å². The second kappa shape index (κ2) is 10.9. The third-order valence-corrected chi connectivity index (χ3v) is 10.8. The van der Waals surface area contributed by atoms with Crippen molar-refractivity contribution in [3.63, 3.8) is 0 Å². The Morgan fingerprint density at radius 1 is 1.03 bits per heavy atom. The fourth-order valence-electron chi connectivity index (χ4n) is 4.90. The number of hydrogen-bond acceptors (Lipinski definition) is 12. The molecule has 3 aliphatic heterocycles. The number of ether oxygens (including phenoxy) is 2. The minimum absolute atomic E-state index is 0.0479. The second-order valence-electron chi connectivity index (χ2n) is 9.72. The average molecular weight is 589 g/mol. The topological polar surface area (TPSA) is 204 Å².